The van der Waals surface area contributed by atoms with Gasteiger partial charge in [0.15, 0.2) is 0 Å². The molecule has 0 spiro atoms. The molecule has 0 saturated carbocycles. The Kier molecular flexibility index (Phi) is 4.66. The molecule has 100 valence electrons. The van der Waals surface area contributed by atoms with Crippen molar-refractivity contribution in [2.45, 2.75) is 26.9 Å². The molecule has 4 heteroatoms. The smallest absolute Gasteiger partial charge is 0.129 e. The van der Waals surface area contributed by atoms with Crippen LogP contribution in [0.5, 0.6) is 0 Å². The molecule has 2 aromatic rings. The predicted octanol–water partition coefficient (Wildman–Crippen LogP) is 3.89. The highest BCUT2D eigenvalue weighted by molar-refractivity contribution is 9.10. The molecular formula is C15H16BrFN2. The molecule has 0 saturated heterocycles. The molecule has 2 rings (SSSR count). The highest BCUT2D eigenvalue weighted by atomic mass is 79.9. The maximum absolute atomic E-state index is 13.5. The number of nitrogens with zero attached hydrogens (tertiary/aromatic N) is 1. The number of pyridine rings is 1. The van der Waals surface area contributed by atoms with E-state index in [1.807, 2.05) is 24.4 Å². The molecule has 19 heavy (non-hydrogen) atoms. The number of hydrogen-bond donors (Lipinski definition) is 1. The number of hydrogen-bond acceptors (Lipinski definition) is 2. The molecular weight excluding hydrogens is 307 g/mol. The van der Waals surface area contributed by atoms with Crippen LogP contribution in [0, 0.1) is 19.7 Å². The molecule has 0 aliphatic carbocycles. The van der Waals surface area contributed by atoms with Crippen LogP contribution in [0.15, 0.2) is 35.1 Å². The van der Waals surface area contributed by atoms with Gasteiger partial charge in [0.25, 0.3) is 0 Å². The summed E-state index contributed by atoms with van der Waals surface area (Å²) in [4.78, 5) is 4.11. The van der Waals surface area contributed by atoms with Gasteiger partial charge in [-0.05, 0) is 58.1 Å². The zero-order valence-corrected chi connectivity index (χ0v) is 12.6. The van der Waals surface area contributed by atoms with E-state index in [1.165, 1.54) is 0 Å². The SMILES string of the molecule is Cc1cc(CNCc2cncc(Br)c2)cc(C)c1F. The first kappa shape index (κ1) is 14.2. The lowest BCUT2D eigenvalue weighted by Gasteiger charge is -2.08. The summed E-state index contributed by atoms with van der Waals surface area (Å²) in [5, 5.41) is 3.34. The Balaban J connectivity index is 1.96. The van der Waals surface area contributed by atoms with Crippen LogP contribution >= 0.6 is 15.9 Å². The number of aryl methyl sites for hydroxylation is 2. The highest BCUT2D eigenvalue weighted by Crippen LogP contribution is 2.15. The molecule has 1 heterocycles. The first-order valence-electron chi connectivity index (χ1n) is 6.12. The fourth-order valence-electron chi connectivity index (χ4n) is 2.04. The summed E-state index contributed by atoms with van der Waals surface area (Å²) in [5.74, 6) is -0.111. The summed E-state index contributed by atoms with van der Waals surface area (Å²) in [7, 11) is 0. The summed E-state index contributed by atoms with van der Waals surface area (Å²) >= 11 is 3.39. The van der Waals surface area contributed by atoms with Crippen LogP contribution in [0.4, 0.5) is 4.39 Å². The average molecular weight is 323 g/mol. The normalized spacial score (nSPS) is 10.7. The van der Waals surface area contributed by atoms with E-state index in [0.29, 0.717) is 17.7 Å². The van der Waals surface area contributed by atoms with Gasteiger partial charge in [0.1, 0.15) is 5.82 Å². The number of nitrogens with one attached hydrogen (secondary N) is 1. The van der Waals surface area contributed by atoms with Gasteiger partial charge in [-0.1, -0.05) is 12.1 Å². The van der Waals surface area contributed by atoms with E-state index < -0.39 is 0 Å². The van der Waals surface area contributed by atoms with E-state index in [0.717, 1.165) is 22.1 Å². The van der Waals surface area contributed by atoms with Crippen LogP contribution in [-0.4, -0.2) is 4.98 Å². The number of rotatable bonds is 4. The largest absolute Gasteiger partial charge is 0.309 e. The molecule has 0 amide bonds. The van der Waals surface area contributed by atoms with E-state index in [2.05, 4.69) is 26.2 Å². The third kappa shape index (κ3) is 3.85. The van der Waals surface area contributed by atoms with Crippen LogP contribution in [0.2, 0.25) is 0 Å². The van der Waals surface area contributed by atoms with Crippen molar-refractivity contribution in [2.75, 3.05) is 0 Å². The quantitative estimate of drug-likeness (QED) is 0.923. The highest BCUT2D eigenvalue weighted by Gasteiger charge is 2.04. The van der Waals surface area contributed by atoms with E-state index in [-0.39, 0.29) is 5.82 Å². The lowest BCUT2D eigenvalue weighted by Crippen LogP contribution is -2.13. The third-order valence-corrected chi connectivity index (χ3v) is 3.35. The van der Waals surface area contributed by atoms with Crippen LogP contribution in [0.3, 0.4) is 0 Å². The van der Waals surface area contributed by atoms with Gasteiger partial charge in [0.05, 0.1) is 0 Å². The van der Waals surface area contributed by atoms with Gasteiger partial charge in [0, 0.05) is 30.0 Å². The zero-order chi connectivity index (χ0) is 13.8. The Morgan fingerprint density at radius 1 is 1.05 bits per heavy atom. The van der Waals surface area contributed by atoms with Gasteiger partial charge in [-0.25, -0.2) is 4.39 Å². The van der Waals surface area contributed by atoms with Crippen LogP contribution in [0.1, 0.15) is 22.3 Å². The second-order valence-electron chi connectivity index (χ2n) is 4.66. The minimum Gasteiger partial charge on any atom is -0.309 e. The van der Waals surface area contributed by atoms with Crippen LogP contribution in [-0.2, 0) is 13.1 Å². The lowest BCUT2D eigenvalue weighted by atomic mass is 10.1. The number of halogens is 2. The fraction of sp³-hybridized carbons (Fsp3) is 0.267. The monoisotopic (exact) mass is 322 g/mol. The van der Waals surface area contributed by atoms with Crippen molar-refractivity contribution in [2.24, 2.45) is 0 Å². The number of benzene rings is 1. The second kappa shape index (κ2) is 6.26. The number of aromatic nitrogens is 1. The van der Waals surface area contributed by atoms with E-state index in [9.17, 15) is 4.39 Å². The van der Waals surface area contributed by atoms with Crippen molar-refractivity contribution in [3.8, 4) is 0 Å². The van der Waals surface area contributed by atoms with Crippen molar-refractivity contribution in [3.63, 3.8) is 0 Å². The average Bonchev–Trinajstić information content (AvgIpc) is 2.36. The van der Waals surface area contributed by atoms with E-state index >= 15 is 0 Å². The maximum atomic E-state index is 13.5. The summed E-state index contributed by atoms with van der Waals surface area (Å²) in [6.45, 7) is 5.05. The molecule has 0 radical (unpaired) electrons. The van der Waals surface area contributed by atoms with Gasteiger partial charge in [-0.3, -0.25) is 4.98 Å². The van der Waals surface area contributed by atoms with E-state index in [4.69, 9.17) is 0 Å². The van der Waals surface area contributed by atoms with Crippen molar-refractivity contribution in [1.29, 1.82) is 0 Å². The van der Waals surface area contributed by atoms with Crippen molar-refractivity contribution in [1.82, 2.24) is 10.3 Å². The molecule has 1 aromatic heterocycles. The molecule has 0 atom stereocenters. The maximum Gasteiger partial charge on any atom is 0.129 e. The van der Waals surface area contributed by atoms with Crippen molar-refractivity contribution >= 4 is 15.9 Å². The summed E-state index contributed by atoms with van der Waals surface area (Å²) < 4.78 is 14.5. The summed E-state index contributed by atoms with van der Waals surface area (Å²) in [6.07, 6.45) is 3.59. The first-order chi connectivity index (χ1) is 9.06. The molecule has 0 unspecified atom stereocenters. The fourth-order valence-corrected chi connectivity index (χ4v) is 2.45. The minimum absolute atomic E-state index is 0.111. The lowest BCUT2D eigenvalue weighted by molar-refractivity contribution is 0.606. The Morgan fingerprint density at radius 2 is 1.68 bits per heavy atom. The standard InChI is InChI=1S/C15H16BrFN2/c1-10-3-12(4-11(2)15(10)17)6-18-7-13-5-14(16)9-19-8-13/h3-5,8-9,18H,6-7H2,1-2H3. The minimum atomic E-state index is -0.111. The Labute approximate surface area is 121 Å². The topological polar surface area (TPSA) is 24.9 Å². The summed E-state index contributed by atoms with van der Waals surface area (Å²) in [5.41, 5.74) is 3.60. The second-order valence-corrected chi connectivity index (χ2v) is 5.57. The van der Waals surface area contributed by atoms with Crippen LogP contribution < -0.4 is 5.32 Å². The van der Waals surface area contributed by atoms with Crippen molar-refractivity contribution in [3.05, 3.63) is 63.1 Å². The molecule has 0 bridgehead atoms. The van der Waals surface area contributed by atoms with Gasteiger partial charge in [-0.15, -0.1) is 0 Å². The van der Waals surface area contributed by atoms with Crippen molar-refractivity contribution < 1.29 is 4.39 Å². The zero-order valence-electron chi connectivity index (χ0n) is 11.0. The molecule has 1 aromatic carbocycles. The summed E-state index contributed by atoms with van der Waals surface area (Å²) in [6, 6.07) is 5.80. The van der Waals surface area contributed by atoms with Gasteiger partial charge < -0.3 is 5.32 Å². The van der Waals surface area contributed by atoms with Gasteiger partial charge in [-0.2, -0.15) is 0 Å². The van der Waals surface area contributed by atoms with E-state index in [1.54, 1.807) is 20.0 Å². The molecule has 1 N–H and O–H groups in total. The molecule has 2 nitrogen and oxygen atoms in total. The Bertz CT molecular complexity index is 561. The molecule has 0 aliphatic heterocycles. The van der Waals surface area contributed by atoms with Gasteiger partial charge >= 0.3 is 0 Å². The Morgan fingerprint density at radius 3 is 2.32 bits per heavy atom. The first-order valence-corrected chi connectivity index (χ1v) is 6.91. The molecule has 0 aliphatic rings. The Hall–Kier alpha value is -1.26. The molecule has 0 fully saturated rings. The third-order valence-electron chi connectivity index (χ3n) is 2.92. The van der Waals surface area contributed by atoms with Crippen LogP contribution in [0.25, 0.3) is 0 Å². The van der Waals surface area contributed by atoms with Gasteiger partial charge in [0.2, 0.25) is 0 Å². The predicted molar refractivity (Wildman–Crippen MR) is 78.4 cm³/mol.